The van der Waals surface area contributed by atoms with Crippen molar-refractivity contribution in [2.75, 3.05) is 0 Å². The predicted molar refractivity (Wildman–Crippen MR) is 58.3 cm³/mol. The van der Waals surface area contributed by atoms with Crippen LogP contribution in [0.15, 0.2) is 34.3 Å². The normalized spacial score (nSPS) is 10.3. The maximum absolute atomic E-state index is 10.8. The topological polar surface area (TPSA) is 84.7 Å². The lowest BCUT2D eigenvalue weighted by Crippen LogP contribution is -1.90. The van der Waals surface area contributed by atoms with Gasteiger partial charge < -0.3 is 0 Å². The minimum absolute atomic E-state index is 0.0648. The molecule has 0 aliphatic carbocycles. The molecule has 7 heteroatoms. The molecular formula is C9H8N4O2S. The molecule has 0 amide bonds. The van der Waals surface area contributed by atoms with Gasteiger partial charge in [0.1, 0.15) is 5.82 Å². The molecule has 0 unspecified atom stereocenters. The molecule has 1 aromatic carbocycles. The minimum Gasteiger partial charge on any atom is -0.262 e. The lowest BCUT2D eigenvalue weighted by Gasteiger charge is -1.98. The fraction of sp³-hybridized carbons (Fsp3) is 0.111. The number of nitro groups is 1. The second-order valence-corrected chi connectivity index (χ2v) is 4.04. The molecule has 0 fully saturated rings. The summed E-state index contributed by atoms with van der Waals surface area (Å²) < 4.78 is 0. The fourth-order valence-corrected chi connectivity index (χ4v) is 2.02. The van der Waals surface area contributed by atoms with Crippen molar-refractivity contribution in [3.63, 3.8) is 0 Å². The summed E-state index contributed by atoms with van der Waals surface area (Å²) >= 11 is 1.17. The van der Waals surface area contributed by atoms with Gasteiger partial charge in [-0.15, -0.1) is 5.10 Å². The van der Waals surface area contributed by atoms with Gasteiger partial charge >= 0.3 is 0 Å². The number of nitrogens with zero attached hydrogens (tertiary/aromatic N) is 3. The highest BCUT2D eigenvalue weighted by Crippen LogP contribution is 2.32. The van der Waals surface area contributed by atoms with Crippen molar-refractivity contribution in [2.24, 2.45) is 0 Å². The van der Waals surface area contributed by atoms with E-state index in [2.05, 4.69) is 15.2 Å². The number of aromatic nitrogens is 3. The van der Waals surface area contributed by atoms with Gasteiger partial charge in [-0.05, 0) is 24.8 Å². The lowest BCUT2D eigenvalue weighted by molar-refractivity contribution is -0.387. The molecule has 0 saturated carbocycles. The highest BCUT2D eigenvalue weighted by molar-refractivity contribution is 7.99. The number of aromatic amines is 1. The van der Waals surface area contributed by atoms with E-state index in [1.54, 1.807) is 25.1 Å². The quantitative estimate of drug-likeness (QED) is 0.652. The Labute approximate surface area is 95.2 Å². The molecule has 0 radical (unpaired) electrons. The van der Waals surface area contributed by atoms with E-state index in [0.29, 0.717) is 15.9 Å². The van der Waals surface area contributed by atoms with Crippen molar-refractivity contribution in [3.05, 3.63) is 40.2 Å². The zero-order valence-corrected chi connectivity index (χ0v) is 9.19. The molecule has 0 bridgehead atoms. The lowest BCUT2D eigenvalue weighted by atomic mass is 10.3. The van der Waals surface area contributed by atoms with E-state index in [1.165, 1.54) is 17.8 Å². The Bertz CT molecular complexity index is 526. The van der Waals surface area contributed by atoms with Crippen LogP contribution >= 0.6 is 11.8 Å². The molecule has 2 aromatic rings. The van der Waals surface area contributed by atoms with E-state index in [-0.39, 0.29) is 5.69 Å². The summed E-state index contributed by atoms with van der Waals surface area (Å²) in [6.45, 7) is 1.77. The Morgan fingerprint density at radius 2 is 2.19 bits per heavy atom. The third kappa shape index (κ3) is 2.19. The van der Waals surface area contributed by atoms with Crippen LogP contribution in [0.5, 0.6) is 0 Å². The van der Waals surface area contributed by atoms with Crippen LogP contribution in [0.3, 0.4) is 0 Å². The second-order valence-electron chi connectivity index (χ2n) is 3.03. The van der Waals surface area contributed by atoms with Crippen molar-refractivity contribution in [3.8, 4) is 0 Å². The van der Waals surface area contributed by atoms with Crippen LogP contribution in [0.4, 0.5) is 5.69 Å². The summed E-state index contributed by atoms with van der Waals surface area (Å²) in [5, 5.41) is 17.8. The maximum atomic E-state index is 10.8. The maximum Gasteiger partial charge on any atom is 0.283 e. The van der Waals surface area contributed by atoms with Gasteiger partial charge in [-0.3, -0.25) is 15.2 Å². The van der Waals surface area contributed by atoms with Gasteiger partial charge in [0.25, 0.3) is 5.69 Å². The fourth-order valence-electron chi connectivity index (χ4n) is 1.16. The van der Waals surface area contributed by atoms with E-state index >= 15 is 0 Å². The molecule has 6 nitrogen and oxygen atoms in total. The first-order chi connectivity index (χ1) is 7.66. The van der Waals surface area contributed by atoms with Gasteiger partial charge in [-0.1, -0.05) is 12.1 Å². The number of nitro benzene ring substituents is 1. The number of benzene rings is 1. The second kappa shape index (κ2) is 4.31. The smallest absolute Gasteiger partial charge is 0.262 e. The number of para-hydroxylation sites is 1. The van der Waals surface area contributed by atoms with Crippen LogP contribution in [0.25, 0.3) is 0 Å². The average Bonchev–Trinajstić information content (AvgIpc) is 2.64. The van der Waals surface area contributed by atoms with Crippen molar-refractivity contribution in [1.29, 1.82) is 0 Å². The van der Waals surface area contributed by atoms with Gasteiger partial charge in [0, 0.05) is 6.07 Å². The largest absolute Gasteiger partial charge is 0.283 e. The molecule has 1 heterocycles. The number of aryl methyl sites for hydroxylation is 1. The number of rotatable bonds is 3. The van der Waals surface area contributed by atoms with E-state index < -0.39 is 4.92 Å². The Morgan fingerprint density at radius 3 is 2.81 bits per heavy atom. The van der Waals surface area contributed by atoms with Crippen LogP contribution in [-0.2, 0) is 0 Å². The summed E-state index contributed by atoms with van der Waals surface area (Å²) in [4.78, 5) is 15.0. The van der Waals surface area contributed by atoms with Gasteiger partial charge in [-0.2, -0.15) is 0 Å². The molecule has 1 N–H and O–H groups in total. The van der Waals surface area contributed by atoms with Crippen LogP contribution in [-0.4, -0.2) is 20.1 Å². The summed E-state index contributed by atoms with van der Waals surface area (Å²) in [6, 6.07) is 6.51. The zero-order chi connectivity index (χ0) is 11.5. The predicted octanol–water partition coefficient (Wildman–Crippen LogP) is 2.17. The van der Waals surface area contributed by atoms with E-state index in [1.807, 2.05) is 0 Å². The standard InChI is InChI=1S/C9H8N4O2S/c1-6-10-9(12-11-6)16-8-5-3-2-4-7(8)13(14)15/h2-5H,1H3,(H,10,11,12). The summed E-state index contributed by atoms with van der Waals surface area (Å²) in [6.07, 6.45) is 0. The molecule has 16 heavy (non-hydrogen) atoms. The third-order valence-electron chi connectivity index (χ3n) is 1.84. The zero-order valence-electron chi connectivity index (χ0n) is 8.38. The monoisotopic (exact) mass is 236 g/mol. The van der Waals surface area contributed by atoms with Crippen LogP contribution in [0.1, 0.15) is 5.82 Å². The van der Waals surface area contributed by atoms with Gasteiger partial charge in [-0.25, -0.2) is 4.98 Å². The number of hydrogen-bond donors (Lipinski definition) is 1. The molecule has 0 aliphatic rings. The van der Waals surface area contributed by atoms with Crippen molar-refractivity contribution in [1.82, 2.24) is 15.2 Å². The third-order valence-corrected chi connectivity index (χ3v) is 2.77. The number of hydrogen-bond acceptors (Lipinski definition) is 5. The molecule has 2 rings (SSSR count). The first-order valence-corrected chi connectivity index (χ1v) is 5.29. The Morgan fingerprint density at radius 1 is 1.44 bits per heavy atom. The Balaban J connectivity index is 2.31. The summed E-state index contributed by atoms with van der Waals surface area (Å²) in [5.41, 5.74) is 0.0648. The van der Waals surface area contributed by atoms with E-state index in [9.17, 15) is 10.1 Å². The molecular weight excluding hydrogens is 228 g/mol. The SMILES string of the molecule is Cc1nc(Sc2ccccc2[N+](=O)[O-])n[nH]1. The first kappa shape index (κ1) is 10.6. The van der Waals surface area contributed by atoms with E-state index in [0.717, 1.165) is 0 Å². The molecule has 1 aromatic heterocycles. The van der Waals surface area contributed by atoms with Crippen LogP contribution < -0.4 is 0 Å². The van der Waals surface area contributed by atoms with Crippen molar-refractivity contribution >= 4 is 17.4 Å². The van der Waals surface area contributed by atoms with Gasteiger partial charge in [0.05, 0.1) is 9.82 Å². The highest BCUT2D eigenvalue weighted by atomic mass is 32.2. The molecule has 0 atom stereocenters. The molecule has 0 spiro atoms. The van der Waals surface area contributed by atoms with Crippen LogP contribution in [0.2, 0.25) is 0 Å². The molecule has 0 aliphatic heterocycles. The Hall–Kier alpha value is -1.89. The van der Waals surface area contributed by atoms with Crippen molar-refractivity contribution < 1.29 is 4.92 Å². The number of nitrogens with one attached hydrogen (secondary N) is 1. The summed E-state index contributed by atoms with van der Waals surface area (Å²) in [7, 11) is 0. The van der Waals surface area contributed by atoms with Crippen LogP contribution in [0, 0.1) is 17.0 Å². The summed E-state index contributed by atoms with van der Waals surface area (Å²) in [5.74, 6) is 0.682. The van der Waals surface area contributed by atoms with Gasteiger partial charge in [0.2, 0.25) is 5.16 Å². The van der Waals surface area contributed by atoms with Gasteiger partial charge in [0.15, 0.2) is 0 Å². The Kier molecular flexibility index (Phi) is 2.86. The average molecular weight is 236 g/mol. The van der Waals surface area contributed by atoms with Crippen molar-refractivity contribution in [2.45, 2.75) is 17.0 Å². The molecule has 82 valence electrons. The number of H-pyrrole nitrogens is 1. The minimum atomic E-state index is -0.415. The van der Waals surface area contributed by atoms with E-state index in [4.69, 9.17) is 0 Å². The highest BCUT2D eigenvalue weighted by Gasteiger charge is 2.15. The molecule has 0 saturated heterocycles. The first-order valence-electron chi connectivity index (χ1n) is 4.47.